The topological polar surface area (TPSA) is 31.4 Å². The van der Waals surface area contributed by atoms with Crippen LogP contribution in [0.3, 0.4) is 0 Å². The fraction of sp³-hybridized carbons (Fsp3) is 1.00. The summed E-state index contributed by atoms with van der Waals surface area (Å²) in [6.45, 7) is 26.0. The first-order valence-electron chi connectivity index (χ1n) is 11.9. The molecule has 3 atom stereocenters. The summed E-state index contributed by atoms with van der Waals surface area (Å²) in [5, 5.41) is 0. The minimum absolute atomic E-state index is 0.671. The van der Waals surface area contributed by atoms with Crippen LogP contribution in [0.5, 0.6) is 0 Å². The van der Waals surface area contributed by atoms with Crippen molar-refractivity contribution in [3.63, 3.8) is 0 Å². The molecule has 0 aliphatic carbocycles. The molecule has 4 rings (SSSR count). The zero-order chi connectivity index (χ0) is 21.1. The SMILES string of the molecule is CC(C)N1CC(C)N(C2COC2)C(C)C1.CC(C)N1CCN(C2COC2)C(C)C1. The van der Waals surface area contributed by atoms with Gasteiger partial charge < -0.3 is 9.47 Å². The minimum Gasteiger partial charge on any atom is -0.378 e. The molecule has 4 fully saturated rings. The number of hydrogen-bond donors (Lipinski definition) is 0. The van der Waals surface area contributed by atoms with Crippen LogP contribution in [0, 0.1) is 0 Å². The van der Waals surface area contributed by atoms with E-state index in [1.54, 1.807) is 0 Å². The summed E-state index contributed by atoms with van der Waals surface area (Å²) in [7, 11) is 0. The Balaban J connectivity index is 0.000000166. The third-order valence-electron chi connectivity index (χ3n) is 7.32. The molecule has 0 aromatic carbocycles. The molecule has 0 N–H and O–H groups in total. The Kier molecular flexibility index (Phi) is 8.38. The van der Waals surface area contributed by atoms with Gasteiger partial charge in [-0.25, -0.2) is 0 Å². The molecule has 4 heterocycles. The highest BCUT2D eigenvalue weighted by Crippen LogP contribution is 2.23. The normalized spacial score (nSPS) is 34.0. The van der Waals surface area contributed by atoms with E-state index in [1.807, 2.05) is 0 Å². The van der Waals surface area contributed by atoms with Gasteiger partial charge in [0.25, 0.3) is 0 Å². The van der Waals surface area contributed by atoms with Gasteiger partial charge in [0.15, 0.2) is 0 Å². The second kappa shape index (κ2) is 10.4. The summed E-state index contributed by atoms with van der Waals surface area (Å²) >= 11 is 0. The predicted octanol–water partition coefficient (Wildman–Crippen LogP) is 1.99. The maximum Gasteiger partial charge on any atom is 0.0645 e. The van der Waals surface area contributed by atoms with Gasteiger partial charge in [-0.3, -0.25) is 19.6 Å². The van der Waals surface area contributed by atoms with E-state index < -0.39 is 0 Å². The van der Waals surface area contributed by atoms with Crippen LogP contribution in [0.15, 0.2) is 0 Å². The zero-order valence-electron chi connectivity index (χ0n) is 20.0. The van der Waals surface area contributed by atoms with E-state index in [9.17, 15) is 0 Å². The molecule has 29 heavy (non-hydrogen) atoms. The standard InChI is InChI=1S/C12H24N2O.C11H22N2O/c1-9(2)13-5-10(3)14(11(4)6-13)12-7-15-8-12;1-9(2)12-4-5-13(10(3)6-12)11-7-14-8-11/h9-12H,5-8H2,1-4H3;9-11H,4-8H2,1-3H3. The van der Waals surface area contributed by atoms with Gasteiger partial charge in [0.2, 0.25) is 0 Å². The highest BCUT2D eigenvalue weighted by atomic mass is 16.5. The van der Waals surface area contributed by atoms with Crippen LogP contribution in [0.1, 0.15) is 48.5 Å². The highest BCUT2D eigenvalue weighted by molar-refractivity contribution is 4.92. The fourth-order valence-corrected chi connectivity index (χ4v) is 5.34. The van der Waals surface area contributed by atoms with Gasteiger partial charge in [0.1, 0.15) is 0 Å². The number of rotatable bonds is 4. The Bertz CT molecular complexity index is 483. The first-order chi connectivity index (χ1) is 13.8. The van der Waals surface area contributed by atoms with Crippen molar-refractivity contribution >= 4 is 0 Å². The summed E-state index contributed by atoms with van der Waals surface area (Å²) in [4.78, 5) is 10.4. The molecular formula is C23H46N4O2. The second-order valence-corrected chi connectivity index (χ2v) is 10.3. The van der Waals surface area contributed by atoms with Crippen molar-refractivity contribution < 1.29 is 9.47 Å². The van der Waals surface area contributed by atoms with Crippen LogP contribution in [0.4, 0.5) is 0 Å². The Morgan fingerprint density at radius 1 is 0.621 bits per heavy atom. The van der Waals surface area contributed by atoms with Crippen molar-refractivity contribution in [2.24, 2.45) is 0 Å². The van der Waals surface area contributed by atoms with Crippen LogP contribution >= 0.6 is 0 Å². The second-order valence-electron chi connectivity index (χ2n) is 10.3. The molecule has 6 heteroatoms. The molecule has 0 saturated carbocycles. The van der Waals surface area contributed by atoms with Crippen molar-refractivity contribution in [3.05, 3.63) is 0 Å². The molecule has 4 aliphatic rings. The molecular weight excluding hydrogens is 364 g/mol. The highest BCUT2D eigenvalue weighted by Gasteiger charge is 2.38. The van der Waals surface area contributed by atoms with E-state index >= 15 is 0 Å². The van der Waals surface area contributed by atoms with Gasteiger partial charge in [-0.05, 0) is 48.5 Å². The maximum atomic E-state index is 5.30. The first kappa shape index (κ1) is 23.4. The third kappa shape index (κ3) is 5.72. The fourth-order valence-electron chi connectivity index (χ4n) is 5.34. The molecule has 4 aliphatic heterocycles. The summed E-state index contributed by atoms with van der Waals surface area (Å²) in [5.74, 6) is 0. The monoisotopic (exact) mass is 410 g/mol. The quantitative estimate of drug-likeness (QED) is 0.705. The molecule has 170 valence electrons. The lowest BCUT2D eigenvalue weighted by Gasteiger charge is -2.51. The van der Waals surface area contributed by atoms with Gasteiger partial charge in [-0.2, -0.15) is 0 Å². The van der Waals surface area contributed by atoms with E-state index in [0.29, 0.717) is 42.3 Å². The average molecular weight is 411 g/mol. The van der Waals surface area contributed by atoms with Gasteiger partial charge in [0.05, 0.1) is 38.5 Å². The Morgan fingerprint density at radius 3 is 1.48 bits per heavy atom. The van der Waals surface area contributed by atoms with E-state index in [1.165, 1.54) is 32.7 Å². The van der Waals surface area contributed by atoms with Crippen molar-refractivity contribution in [3.8, 4) is 0 Å². The van der Waals surface area contributed by atoms with Gasteiger partial charge in [-0.1, -0.05) is 0 Å². The Labute approximate surface area is 179 Å². The van der Waals surface area contributed by atoms with Crippen molar-refractivity contribution in [1.29, 1.82) is 0 Å². The van der Waals surface area contributed by atoms with E-state index in [4.69, 9.17) is 9.47 Å². The molecule has 3 unspecified atom stereocenters. The molecule has 0 amide bonds. The lowest BCUT2D eigenvalue weighted by Crippen LogP contribution is -2.65. The van der Waals surface area contributed by atoms with Gasteiger partial charge in [0, 0.05) is 62.9 Å². The number of nitrogens with zero attached hydrogens (tertiary/aromatic N) is 4. The molecule has 0 aromatic heterocycles. The predicted molar refractivity (Wildman–Crippen MR) is 120 cm³/mol. The molecule has 0 radical (unpaired) electrons. The van der Waals surface area contributed by atoms with Gasteiger partial charge in [-0.15, -0.1) is 0 Å². The smallest absolute Gasteiger partial charge is 0.0645 e. The summed E-state index contributed by atoms with van der Waals surface area (Å²) < 4.78 is 10.6. The maximum absolute atomic E-state index is 5.30. The van der Waals surface area contributed by atoms with Crippen LogP contribution < -0.4 is 0 Å². The summed E-state index contributed by atoms with van der Waals surface area (Å²) in [6.07, 6.45) is 0. The van der Waals surface area contributed by atoms with E-state index in [0.717, 1.165) is 26.4 Å². The van der Waals surface area contributed by atoms with Crippen LogP contribution in [-0.2, 0) is 9.47 Å². The average Bonchev–Trinajstić information content (AvgIpc) is 2.56. The first-order valence-corrected chi connectivity index (χ1v) is 11.9. The molecule has 0 aromatic rings. The number of piperazine rings is 2. The minimum atomic E-state index is 0.671. The largest absolute Gasteiger partial charge is 0.378 e. The summed E-state index contributed by atoms with van der Waals surface area (Å²) in [6, 6.07) is 4.80. The third-order valence-corrected chi connectivity index (χ3v) is 7.32. The Hall–Kier alpha value is -0.240. The number of ether oxygens (including phenoxy) is 2. The lowest BCUT2D eigenvalue weighted by molar-refractivity contribution is -0.114. The molecule has 0 spiro atoms. The van der Waals surface area contributed by atoms with E-state index in [2.05, 4.69) is 68.1 Å². The number of hydrogen-bond acceptors (Lipinski definition) is 6. The van der Waals surface area contributed by atoms with Crippen molar-refractivity contribution in [2.75, 3.05) is 59.2 Å². The van der Waals surface area contributed by atoms with Gasteiger partial charge >= 0.3 is 0 Å². The van der Waals surface area contributed by atoms with Crippen LogP contribution in [0.2, 0.25) is 0 Å². The summed E-state index contributed by atoms with van der Waals surface area (Å²) in [5.41, 5.74) is 0. The molecule has 6 nitrogen and oxygen atoms in total. The molecule has 4 saturated heterocycles. The van der Waals surface area contributed by atoms with Crippen LogP contribution in [-0.4, -0.2) is 121 Å². The molecule has 0 bridgehead atoms. The van der Waals surface area contributed by atoms with E-state index in [-0.39, 0.29) is 0 Å². The zero-order valence-corrected chi connectivity index (χ0v) is 20.0. The Morgan fingerprint density at radius 2 is 1.10 bits per heavy atom. The van der Waals surface area contributed by atoms with Crippen molar-refractivity contribution in [2.45, 2.75) is 90.8 Å². The lowest BCUT2D eigenvalue weighted by atomic mass is 10.0. The van der Waals surface area contributed by atoms with Crippen LogP contribution in [0.25, 0.3) is 0 Å². The van der Waals surface area contributed by atoms with Crippen molar-refractivity contribution in [1.82, 2.24) is 19.6 Å².